The fourth-order valence-electron chi connectivity index (χ4n) is 1.76. The van der Waals surface area contributed by atoms with E-state index in [0.717, 1.165) is 22.9 Å². The first-order chi connectivity index (χ1) is 9.20. The molecule has 0 aliphatic carbocycles. The van der Waals surface area contributed by atoms with Crippen molar-refractivity contribution in [3.63, 3.8) is 0 Å². The Balaban J connectivity index is 2.25. The molecular weight excluding hydrogens is 256 g/mol. The topological polar surface area (TPSA) is 66.0 Å². The summed E-state index contributed by atoms with van der Waals surface area (Å²) >= 11 is 1.63. The van der Waals surface area contributed by atoms with E-state index in [9.17, 15) is 0 Å². The molecule has 1 aromatic carbocycles. The molecular formula is C14H18N4S. The van der Waals surface area contributed by atoms with Crippen LogP contribution >= 0.6 is 11.3 Å². The van der Waals surface area contributed by atoms with E-state index in [1.165, 1.54) is 0 Å². The summed E-state index contributed by atoms with van der Waals surface area (Å²) in [6.45, 7) is 2.78. The largest absolute Gasteiger partial charge is 0.388 e. The molecule has 3 N–H and O–H groups in total. The van der Waals surface area contributed by atoms with E-state index < -0.39 is 0 Å². The lowest BCUT2D eigenvalue weighted by molar-refractivity contribution is 0.935. The Hall–Kier alpha value is -1.88. The van der Waals surface area contributed by atoms with Crippen LogP contribution in [0.3, 0.4) is 0 Å². The minimum atomic E-state index is 0.202. The number of hydrogen-bond donors (Lipinski definition) is 2. The standard InChI is InChI=1S/C14H18N4S/c1-2-11-10-19-14(17-11)18(9-8-13(15)16)12-6-4-3-5-7-12/h3-7,10H,2,8-9H2,1H3,(H3,15,16). The van der Waals surface area contributed by atoms with Gasteiger partial charge in [0.25, 0.3) is 0 Å². The Bertz CT molecular complexity index is 535. The van der Waals surface area contributed by atoms with E-state index in [2.05, 4.69) is 22.2 Å². The van der Waals surface area contributed by atoms with Crippen LogP contribution in [-0.2, 0) is 6.42 Å². The third kappa shape index (κ3) is 3.54. The highest BCUT2D eigenvalue weighted by Crippen LogP contribution is 2.28. The normalized spacial score (nSPS) is 10.4. The van der Waals surface area contributed by atoms with E-state index in [0.29, 0.717) is 13.0 Å². The van der Waals surface area contributed by atoms with Crippen LogP contribution in [0.5, 0.6) is 0 Å². The van der Waals surface area contributed by atoms with Gasteiger partial charge in [-0.3, -0.25) is 5.41 Å². The lowest BCUT2D eigenvalue weighted by atomic mass is 10.2. The number of hydrogen-bond acceptors (Lipinski definition) is 4. The van der Waals surface area contributed by atoms with Crippen molar-refractivity contribution in [3.8, 4) is 0 Å². The van der Waals surface area contributed by atoms with Crippen molar-refractivity contribution in [1.82, 2.24) is 4.98 Å². The summed E-state index contributed by atoms with van der Waals surface area (Å²) in [5.74, 6) is 0.202. The number of benzene rings is 1. The third-order valence-electron chi connectivity index (χ3n) is 2.81. The first-order valence-electron chi connectivity index (χ1n) is 6.30. The van der Waals surface area contributed by atoms with Crippen molar-refractivity contribution >= 4 is 28.0 Å². The van der Waals surface area contributed by atoms with Gasteiger partial charge in [0.15, 0.2) is 5.13 Å². The van der Waals surface area contributed by atoms with Gasteiger partial charge in [0.05, 0.1) is 11.5 Å². The molecule has 0 saturated carbocycles. The number of rotatable bonds is 6. The fourth-order valence-corrected chi connectivity index (χ4v) is 2.71. The van der Waals surface area contributed by atoms with Gasteiger partial charge >= 0.3 is 0 Å². The van der Waals surface area contributed by atoms with Crippen LogP contribution in [0.4, 0.5) is 10.8 Å². The molecule has 0 bridgehead atoms. The maximum atomic E-state index is 7.39. The van der Waals surface area contributed by atoms with Crippen LogP contribution < -0.4 is 10.6 Å². The Kier molecular flexibility index (Phi) is 4.52. The Morgan fingerprint density at radius 2 is 2.11 bits per heavy atom. The van der Waals surface area contributed by atoms with Gasteiger partial charge in [0, 0.05) is 24.0 Å². The van der Waals surface area contributed by atoms with E-state index in [1.807, 2.05) is 30.3 Å². The average Bonchev–Trinajstić information content (AvgIpc) is 2.89. The molecule has 0 aliphatic heterocycles. The lowest BCUT2D eigenvalue weighted by Gasteiger charge is -2.21. The van der Waals surface area contributed by atoms with Gasteiger partial charge < -0.3 is 10.6 Å². The van der Waals surface area contributed by atoms with Crippen LogP contribution in [0.2, 0.25) is 0 Å². The van der Waals surface area contributed by atoms with Gasteiger partial charge in [-0.1, -0.05) is 25.1 Å². The molecule has 0 amide bonds. The molecule has 0 unspecified atom stereocenters. The average molecular weight is 274 g/mol. The van der Waals surface area contributed by atoms with Crippen molar-refractivity contribution in [1.29, 1.82) is 5.41 Å². The minimum absolute atomic E-state index is 0.202. The van der Waals surface area contributed by atoms with Crippen molar-refractivity contribution in [2.45, 2.75) is 19.8 Å². The number of nitrogens with two attached hydrogens (primary N) is 1. The second-order valence-electron chi connectivity index (χ2n) is 4.24. The van der Waals surface area contributed by atoms with Crippen LogP contribution in [0.1, 0.15) is 19.0 Å². The van der Waals surface area contributed by atoms with Gasteiger partial charge in [-0.05, 0) is 18.6 Å². The van der Waals surface area contributed by atoms with E-state index in [1.54, 1.807) is 11.3 Å². The Morgan fingerprint density at radius 3 is 2.68 bits per heavy atom. The zero-order valence-electron chi connectivity index (χ0n) is 11.0. The summed E-state index contributed by atoms with van der Waals surface area (Å²) in [6.07, 6.45) is 1.47. The highest BCUT2D eigenvalue weighted by Gasteiger charge is 2.13. The quantitative estimate of drug-likeness (QED) is 0.628. The molecule has 0 atom stereocenters. The van der Waals surface area contributed by atoms with E-state index >= 15 is 0 Å². The van der Waals surface area contributed by atoms with Crippen LogP contribution in [-0.4, -0.2) is 17.4 Å². The lowest BCUT2D eigenvalue weighted by Crippen LogP contribution is -2.23. The molecule has 2 aromatic rings. The van der Waals surface area contributed by atoms with E-state index in [-0.39, 0.29) is 5.84 Å². The summed E-state index contributed by atoms with van der Waals surface area (Å²) in [7, 11) is 0. The second kappa shape index (κ2) is 6.33. The zero-order valence-corrected chi connectivity index (χ0v) is 11.8. The number of para-hydroxylation sites is 1. The maximum absolute atomic E-state index is 7.39. The molecule has 1 aromatic heterocycles. The number of aromatic nitrogens is 1. The molecule has 5 heteroatoms. The van der Waals surface area contributed by atoms with Crippen LogP contribution in [0.15, 0.2) is 35.7 Å². The first kappa shape index (κ1) is 13.5. The monoisotopic (exact) mass is 274 g/mol. The molecule has 0 aliphatic rings. The van der Waals surface area contributed by atoms with E-state index in [4.69, 9.17) is 11.1 Å². The van der Waals surface area contributed by atoms with Gasteiger partial charge in [-0.2, -0.15) is 0 Å². The summed E-state index contributed by atoms with van der Waals surface area (Å²) in [5.41, 5.74) is 7.65. The molecule has 0 spiro atoms. The van der Waals surface area contributed by atoms with Gasteiger partial charge in [0.2, 0.25) is 0 Å². The summed E-state index contributed by atoms with van der Waals surface area (Å²) in [6, 6.07) is 10.1. The van der Waals surface area contributed by atoms with Crippen molar-refractivity contribution in [2.75, 3.05) is 11.4 Å². The molecule has 2 rings (SSSR count). The molecule has 0 saturated heterocycles. The SMILES string of the molecule is CCc1csc(N(CCC(=N)N)c2ccccc2)n1. The minimum Gasteiger partial charge on any atom is -0.388 e. The third-order valence-corrected chi connectivity index (χ3v) is 3.72. The molecule has 100 valence electrons. The van der Waals surface area contributed by atoms with Crippen molar-refractivity contribution in [2.24, 2.45) is 5.73 Å². The molecule has 0 fully saturated rings. The highest BCUT2D eigenvalue weighted by atomic mass is 32.1. The summed E-state index contributed by atoms with van der Waals surface area (Å²) in [4.78, 5) is 6.73. The van der Waals surface area contributed by atoms with Crippen LogP contribution in [0, 0.1) is 5.41 Å². The Labute approximate surface area is 117 Å². The molecule has 19 heavy (non-hydrogen) atoms. The number of aryl methyl sites for hydroxylation is 1. The smallest absolute Gasteiger partial charge is 0.190 e. The zero-order chi connectivity index (χ0) is 13.7. The first-order valence-corrected chi connectivity index (χ1v) is 7.18. The maximum Gasteiger partial charge on any atom is 0.190 e. The summed E-state index contributed by atoms with van der Waals surface area (Å²) in [5, 5.41) is 10.4. The van der Waals surface area contributed by atoms with Crippen LogP contribution in [0.25, 0.3) is 0 Å². The highest BCUT2D eigenvalue weighted by molar-refractivity contribution is 7.13. The Morgan fingerprint density at radius 1 is 1.37 bits per heavy atom. The van der Waals surface area contributed by atoms with Crippen molar-refractivity contribution in [3.05, 3.63) is 41.4 Å². The molecule has 4 nitrogen and oxygen atoms in total. The number of amidine groups is 1. The van der Waals surface area contributed by atoms with Crippen molar-refractivity contribution < 1.29 is 0 Å². The fraction of sp³-hybridized carbons (Fsp3) is 0.286. The van der Waals surface area contributed by atoms with Gasteiger partial charge in [-0.15, -0.1) is 11.3 Å². The van der Waals surface area contributed by atoms with Gasteiger partial charge in [-0.25, -0.2) is 4.98 Å². The predicted molar refractivity (Wildman–Crippen MR) is 81.5 cm³/mol. The molecule has 1 heterocycles. The number of nitrogens with one attached hydrogen (secondary N) is 1. The predicted octanol–water partition coefficient (Wildman–Crippen LogP) is 3.17. The van der Waals surface area contributed by atoms with Gasteiger partial charge in [0.1, 0.15) is 0 Å². The number of nitrogens with zero attached hydrogens (tertiary/aromatic N) is 2. The second-order valence-corrected chi connectivity index (χ2v) is 5.07. The molecule has 0 radical (unpaired) electrons. The number of anilines is 2. The number of thiazole rings is 1. The summed E-state index contributed by atoms with van der Waals surface area (Å²) < 4.78 is 0.